The van der Waals surface area contributed by atoms with Crippen LogP contribution >= 0.6 is 0 Å². The predicted molar refractivity (Wildman–Crippen MR) is 109 cm³/mol. The van der Waals surface area contributed by atoms with E-state index in [2.05, 4.69) is 20.6 Å². The van der Waals surface area contributed by atoms with Crippen molar-refractivity contribution in [3.63, 3.8) is 0 Å². The highest BCUT2D eigenvalue weighted by Crippen LogP contribution is 2.30. The Balaban J connectivity index is 1.71. The molecule has 0 bridgehead atoms. The number of hydrogen-bond acceptors (Lipinski definition) is 6. The number of nitrogens with zero attached hydrogens (tertiary/aromatic N) is 2. The first kappa shape index (κ1) is 19.2. The second-order valence-corrected chi connectivity index (χ2v) is 6.25. The summed E-state index contributed by atoms with van der Waals surface area (Å²) in [5.41, 5.74) is 3.82. The third-order valence-electron chi connectivity index (χ3n) is 4.18. The van der Waals surface area contributed by atoms with E-state index in [-0.39, 0.29) is 11.6 Å². The highest BCUT2D eigenvalue weighted by Gasteiger charge is 2.11. The van der Waals surface area contributed by atoms with Gasteiger partial charge in [0.15, 0.2) is 11.5 Å². The third-order valence-corrected chi connectivity index (χ3v) is 4.18. The van der Waals surface area contributed by atoms with Crippen LogP contribution in [-0.2, 0) is 0 Å². The maximum atomic E-state index is 12.4. The highest BCUT2D eigenvalue weighted by molar-refractivity contribution is 6.03. The second-order valence-electron chi connectivity index (χ2n) is 6.25. The Morgan fingerprint density at radius 1 is 0.929 bits per heavy atom. The predicted octanol–water partition coefficient (Wildman–Crippen LogP) is 4.11. The van der Waals surface area contributed by atoms with Crippen LogP contribution in [-0.4, -0.2) is 30.1 Å². The molecule has 0 aliphatic heterocycles. The zero-order valence-corrected chi connectivity index (χ0v) is 16.2. The monoisotopic (exact) mass is 378 g/mol. The Morgan fingerprint density at radius 2 is 1.71 bits per heavy atom. The average Bonchev–Trinajstić information content (AvgIpc) is 2.71. The normalized spacial score (nSPS) is 10.3. The number of benzene rings is 2. The number of rotatable bonds is 6. The molecule has 28 heavy (non-hydrogen) atoms. The highest BCUT2D eigenvalue weighted by atomic mass is 16.5. The van der Waals surface area contributed by atoms with E-state index < -0.39 is 0 Å². The first-order chi connectivity index (χ1) is 13.5. The van der Waals surface area contributed by atoms with Crippen LogP contribution < -0.4 is 20.1 Å². The van der Waals surface area contributed by atoms with Crippen LogP contribution in [0.1, 0.15) is 21.6 Å². The molecule has 1 heterocycles. The fourth-order valence-electron chi connectivity index (χ4n) is 2.63. The number of aromatic nitrogens is 2. The van der Waals surface area contributed by atoms with Crippen LogP contribution in [0.5, 0.6) is 11.5 Å². The van der Waals surface area contributed by atoms with Gasteiger partial charge < -0.3 is 20.1 Å². The van der Waals surface area contributed by atoms with Gasteiger partial charge in [0.05, 0.1) is 26.6 Å². The first-order valence-electron chi connectivity index (χ1n) is 8.70. The molecule has 0 saturated carbocycles. The molecule has 0 atom stereocenters. The SMILES string of the molecule is COc1ccc(Nc2cnc(C(=O)Nc3cc(C)ccc3C)cn2)cc1OC. The smallest absolute Gasteiger partial charge is 0.275 e. The van der Waals surface area contributed by atoms with Crippen LogP contribution in [0.4, 0.5) is 17.2 Å². The summed E-state index contributed by atoms with van der Waals surface area (Å²) in [5.74, 6) is 1.44. The number of aryl methyl sites for hydroxylation is 2. The van der Waals surface area contributed by atoms with Crippen molar-refractivity contribution in [2.24, 2.45) is 0 Å². The third kappa shape index (κ3) is 4.37. The molecule has 1 aromatic heterocycles. The number of methoxy groups -OCH3 is 2. The minimum atomic E-state index is -0.307. The molecule has 0 aliphatic carbocycles. The van der Waals surface area contributed by atoms with Gasteiger partial charge in [-0.15, -0.1) is 0 Å². The maximum Gasteiger partial charge on any atom is 0.275 e. The molecule has 0 saturated heterocycles. The molecule has 7 heteroatoms. The van der Waals surface area contributed by atoms with Crippen molar-refractivity contribution in [1.82, 2.24) is 9.97 Å². The number of carbonyl (C=O) groups excluding carboxylic acids is 1. The van der Waals surface area contributed by atoms with Gasteiger partial charge in [-0.05, 0) is 43.2 Å². The fourth-order valence-corrected chi connectivity index (χ4v) is 2.63. The summed E-state index contributed by atoms with van der Waals surface area (Å²) in [6.07, 6.45) is 2.94. The largest absolute Gasteiger partial charge is 0.493 e. The average molecular weight is 378 g/mol. The van der Waals surface area contributed by atoms with Crippen molar-refractivity contribution in [3.8, 4) is 11.5 Å². The Morgan fingerprint density at radius 3 is 2.39 bits per heavy atom. The van der Waals surface area contributed by atoms with E-state index in [0.29, 0.717) is 17.3 Å². The van der Waals surface area contributed by atoms with Crippen molar-refractivity contribution < 1.29 is 14.3 Å². The van der Waals surface area contributed by atoms with E-state index in [9.17, 15) is 4.79 Å². The molecule has 3 rings (SSSR count). The number of carbonyl (C=O) groups is 1. The lowest BCUT2D eigenvalue weighted by molar-refractivity contribution is 0.102. The van der Waals surface area contributed by atoms with Crippen molar-refractivity contribution in [2.75, 3.05) is 24.9 Å². The van der Waals surface area contributed by atoms with Gasteiger partial charge in [0, 0.05) is 17.4 Å². The van der Waals surface area contributed by atoms with Crippen LogP contribution in [0.2, 0.25) is 0 Å². The Bertz CT molecular complexity index is 987. The summed E-state index contributed by atoms with van der Waals surface area (Å²) in [4.78, 5) is 20.9. The van der Waals surface area contributed by atoms with Gasteiger partial charge in [-0.2, -0.15) is 0 Å². The zero-order chi connectivity index (χ0) is 20.1. The van der Waals surface area contributed by atoms with E-state index in [1.807, 2.05) is 38.1 Å². The number of anilines is 3. The Kier molecular flexibility index (Phi) is 5.74. The molecule has 0 aliphatic rings. The summed E-state index contributed by atoms with van der Waals surface area (Å²) in [6, 6.07) is 11.3. The van der Waals surface area contributed by atoms with E-state index in [4.69, 9.17) is 9.47 Å². The minimum absolute atomic E-state index is 0.235. The van der Waals surface area contributed by atoms with Gasteiger partial charge in [0.2, 0.25) is 0 Å². The number of nitrogens with one attached hydrogen (secondary N) is 2. The molecular weight excluding hydrogens is 356 g/mol. The summed E-state index contributed by atoms with van der Waals surface area (Å²) in [7, 11) is 3.16. The van der Waals surface area contributed by atoms with Gasteiger partial charge in [0.25, 0.3) is 5.91 Å². The summed E-state index contributed by atoms with van der Waals surface area (Å²) in [5, 5.41) is 5.99. The minimum Gasteiger partial charge on any atom is -0.493 e. The summed E-state index contributed by atoms with van der Waals surface area (Å²) in [6.45, 7) is 3.92. The molecule has 2 N–H and O–H groups in total. The van der Waals surface area contributed by atoms with E-state index in [1.54, 1.807) is 26.4 Å². The van der Waals surface area contributed by atoms with E-state index in [1.165, 1.54) is 12.4 Å². The summed E-state index contributed by atoms with van der Waals surface area (Å²) >= 11 is 0. The van der Waals surface area contributed by atoms with E-state index >= 15 is 0 Å². The van der Waals surface area contributed by atoms with Crippen LogP contribution in [0.25, 0.3) is 0 Å². The van der Waals surface area contributed by atoms with Gasteiger partial charge in [-0.25, -0.2) is 9.97 Å². The van der Waals surface area contributed by atoms with Crippen LogP contribution in [0, 0.1) is 13.8 Å². The van der Waals surface area contributed by atoms with E-state index in [0.717, 1.165) is 22.5 Å². The lowest BCUT2D eigenvalue weighted by Gasteiger charge is -2.11. The molecule has 7 nitrogen and oxygen atoms in total. The molecule has 1 amide bonds. The molecule has 2 aromatic carbocycles. The van der Waals surface area contributed by atoms with Gasteiger partial charge in [-0.1, -0.05) is 12.1 Å². The van der Waals surface area contributed by atoms with Crippen LogP contribution in [0.3, 0.4) is 0 Å². The zero-order valence-electron chi connectivity index (χ0n) is 16.2. The van der Waals surface area contributed by atoms with Gasteiger partial charge in [0.1, 0.15) is 11.5 Å². The Hall–Kier alpha value is -3.61. The van der Waals surface area contributed by atoms with Crippen molar-refractivity contribution in [1.29, 1.82) is 0 Å². The van der Waals surface area contributed by atoms with Crippen molar-refractivity contribution in [2.45, 2.75) is 13.8 Å². The number of ether oxygens (including phenoxy) is 2. The molecular formula is C21H22N4O3. The quantitative estimate of drug-likeness (QED) is 0.671. The van der Waals surface area contributed by atoms with Crippen molar-refractivity contribution in [3.05, 3.63) is 65.6 Å². The molecule has 0 radical (unpaired) electrons. The number of hydrogen-bond donors (Lipinski definition) is 2. The standard InChI is InChI=1S/C21H22N4O3/c1-13-5-6-14(2)16(9-13)25-21(26)17-11-23-20(12-22-17)24-15-7-8-18(27-3)19(10-15)28-4/h5-12H,1-4H3,(H,23,24)(H,25,26). The molecule has 0 spiro atoms. The number of amides is 1. The van der Waals surface area contributed by atoms with Crippen LogP contribution in [0.15, 0.2) is 48.8 Å². The topological polar surface area (TPSA) is 85.4 Å². The van der Waals surface area contributed by atoms with Gasteiger partial charge >= 0.3 is 0 Å². The lowest BCUT2D eigenvalue weighted by Crippen LogP contribution is -2.15. The van der Waals surface area contributed by atoms with Crippen molar-refractivity contribution >= 4 is 23.1 Å². The van der Waals surface area contributed by atoms with Gasteiger partial charge in [-0.3, -0.25) is 4.79 Å². The second kappa shape index (κ2) is 8.39. The lowest BCUT2D eigenvalue weighted by atomic mass is 10.1. The molecule has 0 unspecified atom stereocenters. The first-order valence-corrected chi connectivity index (χ1v) is 8.70. The summed E-state index contributed by atoms with van der Waals surface area (Å²) < 4.78 is 10.5. The Labute approximate surface area is 163 Å². The fraction of sp³-hybridized carbons (Fsp3) is 0.190. The molecule has 3 aromatic rings. The molecule has 144 valence electrons. The molecule has 0 fully saturated rings. The maximum absolute atomic E-state index is 12.4.